The fraction of sp³-hybridized carbons (Fsp3) is 0.278. The molecule has 0 spiro atoms. The molecule has 1 unspecified atom stereocenters. The largest absolute Gasteiger partial charge is 0.493 e. The first kappa shape index (κ1) is 22.6. The minimum atomic E-state index is -1.32. The number of thiophene rings is 1. The highest BCUT2D eigenvalue weighted by Gasteiger charge is 2.29. The molecule has 2 amide bonds. The zero-order valence-corrected chi connectivity index (χ0v) is 17.1. The number of rotatable bonds is 9. The number of anilines is 1. The summed E-state index contributed by atoms with van der Waals surface area (Å²) in [6, 6.07) is 3.60. The Morgan fingerprint density at radius 2 is 1.97 bits per heavy atom. The summed E-state index contributed by atoms with van der Waals surface area (Å²) < 4.78 is 15.5. The lowest BCUT2D eigenvalue weighted by molar-refractivity contribution is -0.385. The molecule has 160 valence electrons. The molecule has 0 saturated heterocycles. The lowest BCUT2D eigenvalue weighted by atomic mass is 10.1. The molecule has 1 aromatic heterocycles. The Balaban J connectivity index is 2.24. The van der Waals surface area contributed by atoms with Crippen molar-refractivity contribution >= 4 is 39.8 Å². The van der Waals surface area contributed by atoms with Gasteiger partial charge in [0, 0.05) is 6.07 Å². The van der Waals surface area contributed by atoms with Crippen LogP contribution in [0.25, 0.3) is 0 Å². The molecule has 1 heterocycles. The maximum Gasteiger partial charge on any atom is 0.346 e. The lowest BCUT2D eigenvalue weighted by Crippen LogP contribution is -2.30. The minimum Gasteiger partial charge on any atom is -0.493 e. The molecule has 0 aliphatic carbocycles. The molecule has 2 aromatic rings. The number of nitro benzene ring substituents is 1. The van der Waals surface area contributed by atoms with E-state index in [1.54, 1.807) is 12.3 Å². The molecule has 0 saturated carbocycles. The standard InChI is InChI=1S/C18H19N3O8S/c1-4-28-14-7-11(12(21(25)26)8-13(14)27-3)18(24)29-9(2)16(23)20-17-10(15(19)22)5-6-30-17/h5-9H,4H2,1-3H3,(H2,19,22)(H,20,23). The second-order valence-corrected chi connectivity index (χ2v) is 6.69. The van der Waals surface area contributed by atoms with Crippen molar-refractivity contribution in [2.45, 2.75) is 20.0 Å². The van der Waals surface area contributed by atoms with Crippen LogP contribution in [-0.2, 0) is 9.53 Å². The van der Waals surface area contributed by atoms with Crippen molar-refractivity contribution in [2.75, 3.05) is 19.0 Å². The number of carbonyl (C=O) groups is 3. The van der Waals surface area contributed by atoms with Crippen molar-refractivity contribution in [3.8, 4) is 11.5 Å². The molecule has 0 bridgehead atoms. The van der Waals surface area contributed by atoms with Crippen LogP contribution in [0.5, 0.6) is 11.5 Å². The average Bonchev–Trinajstić information content (AvgIpc) is 3.15. The van der Waals surface area contributed by atoms with Crippen LogP contribution in [-0.4, -0.2) is 42.5 Å². The molecule has 1 aromatic carbocycles. The molecule has 2 rings (SSSR count). The number of nitrogens with two attached hydrogens (primary N) is 1. The molecule has 30 heavy (non-hydrogen) atoms. The predicted octanol–water partition coefficient (Wildman–Crippen LogP) is 2.35. The van der Waals surface area contributed by atoms with Crippen LogP contribution in [0.2, 0.25) is 0 Å². The highest BCUT2D eigenvalue weighted by molar-refractivity contribution is 7.14. The van der Waals surface area contributed by atoms with E-state index in [-0.39, 0.29) is 28.7 Å². The summed E-state index contributed by atoms with van der Waals surface area (Å²) in [4.78, 5) is 46.8. The summed E-state index contributed by atoms with van der Waals surface area (Å²) in [5.74, 6) is -2.39. The molecule has 0 aliphatic heterocycles. The molecule has 1 atom stereocenters. The Morgan fingerprint density at radius 3 is 2.53 bits per heavy atom. The van der Waals surface area contributed by atoms with Crippen molar-refractivity contribution in [3.63, 3.8) is 0 Å². The zero-order valence-electron chi connectivity index (χ0n) is 16.3. The molecule has 0 fully saturated rings. The Labute approximate surface area is 174 Å². The number of carbonyl (C=O) groups excluding carboxylic acids is 3. The van der Waals surface area contributed by atoms with Gasteiger partial charge in [-0.1, -0.05) is 0 Å². The summed E-state index contributed by atoms with van der Waals surface area (Å²) >= 11 is 1.06. The van der Waals surface area contributed by atoms with Gasteiger partial charge in [-0.15, -0.1) is 11.3 Å². The number of benzene rings is 1. The summed E-state index contributed by atoms with van der Waals surface area (Å²) in [6.45, 7) is 3.20. The first-order chi connectivity index (χ1) is 14.2. The smallest absolute Gasteiger partial charge is 0.346 e. The highest BCUT2D eigenvalue weighted by Crippen LogP contribution is 2.35. The second kappa shape index (κ2) is 9.69. The Hall–Kier alpha value is -3.67. The number of nitro groups is 1. The Bertz CT molecular complexity index is 988. The predicted molar refractivity (Wildman–Crippen MR) is 107 cm³/mol. The van der Waals surface area contributed by atoms with E-state index >= 15 is 0 Å². The van der Waals surface area contributed by atoms with Gasteiger partial charge < -0.3 is 25.3 Å². The third-order valence-corrected chi connectivity index (χ3v) is 4.65. The van der Waals surface area contributed by atoms with E-state index in [1.165, 1.54) is 20.1 Å². The van der Waals surface area contributed by atoms with Crippen LogP contribution >= 0.6 is 11.3 Å². The molecular formula is C18H19N3O8S. The molecular weight excluding hydrogens is 418 g/mol. The van der Waals surface area contributed by atoms with Crippen molar-refractivity contribution in [1.29, 1.82) is 0 Å². The molecule has 3 N–H and O–H groups in total. The topological polar surface area (TPSA) is 160 Å². The van der Waals surface area contributed by atoms with Gasteiger partial charge in [0.2, 0.25) is 0 Å². The number of primary amides is 1. The zero-order chi connectivity index (χ0) is 22.4. The summed E-state index contributed by atoms with van der Waals surface area (Å²) in [5, 5.41) is 15.6. The molecule has 11 nitrogen and oxygen atoms in total. The van der Waals surface area contributed by atoms with E-state index in [2.05, 4.69) is 5.32 Å². The van der Waals surface area contributed by atoms with Crippen LogP contribution in [0.3, 0.4) is 0 Å². The maximum absolute atomic E-state index is 12.5. The number of esters is 1. The lowest BCUT2D eigenvalue weighted by Gasteiger charge is -2.15. The maximum atomic E-state index is 12.5. The highest BCUT2D eigenvalue weighted by atomic mass is 32.1. The van der Waals surface area contributed by atoms with Gasteiger partial charge >= 0.3 is 5.97 Å². The van der Waals surface area contributed by atoms with E-state index in [1.807, 2.05) is 0 Å². The van der Waals surface area contributed by atoms with Gasteiger partial charge in [0.1, 0.15) is 10.6 Å². The third-order valence-electron chi connectivity index (χ3n) is 3.82. The number of nitrogens with zero attached hydrogens (tertiary/aromatic N) is 1. The van der Waals surface area contributed by atoms with Crippen LogP contribution in [0, 0.1) is 10.1 Å². The van der Waals surface area contributed by atoms with Crippen LogP contribution in [0.1, 0.15) is 34.6 Å². The van der Waals surface area contributed by atoms with Crippen molar-refractivity contribution in [3.05, 3.63) is 44.8 Å². The van der Waals surface area contributed by atoms with E-state index < -0.39 is 40.1 Å². The molecule has 0 radical (unpaired) electrons. The Morgan fingerprint density at radius 1 is 1.27 bits per heavy atom. The van der Waals surface area contributed by atoms with Crippen molar-refractivity contribution in [2.24, 2.45) is 5.73 Å². The number of methoxy groups -OCH3 is 1. The SMILES string of the molecule is CCOc1cc(C(=O)OC(C)C(=O)Nc2sccc2C(N)=O)c([N+](=O)[O-])cc1OC. The van der Waals surface area contributed by atoms with Crippen molar-refractivity contribution < 1.29 is 33.5 Å². The Kier molecular flexibility index (Phi) is 7.31. The van der Waals surface area contributed by atoms with Gasteiger partial charge in [-0.2, -0.15) is 0 Å². The summed E-state index contributed by atoms with van der Waals surface area (Å²) in [5.41, 5.74) is 4.36. The number of amides is 2. The number of hydrogen-bond donors (Lipinski definition) is 2. The van der Waals surface area contributed by atoms with Gasteiger partial charge in [0.15, 0.2) is 17.6 Å². The minimum absolute atomic E-state index is 0.0718. The van der Waals surface area contributed by atoms with Crippen LogP contribution in [0.15, 0.2) is 23.6 Å². The number of ether oxygens (including phenoxy) is 3. The van der Waals surface area contributed by atoms with Crippen molar-refractivity contribution in [1.82, 2.24) is 0 Å². The fourth-order valence-electron chi connectivity index (χ4n) is 2.38. The second-order valence-electron chi connectivity index (χ2n) is 5.77. The first-order valence-corrected chi connectivity index (χ1v) is 9.45. The van der Waals surface area contributed by atoms with E-state index in [0.29, 0.717) is 0 Å². The third kappa shape index (κ3) is 5.03. The first-order valence-electron chi connectivity index (χ1n) is 8.57. The van der Waals surface area contributed by atoms with E-state index in [4.69, 9.17) is 19.9 Å². The van der Waals surface area contributed by atoms with Gasteiger partial charge in [0.05, 0.1) is 30.3 Å². The van der Waals surface area contributed by atoms with E-state index in [0.717, 1.165) is 23.5 Å². The van der Waals surface area contributed by atoms with E-state index in [9.17, 15) is 24.5 Å². The quantitative estimate of drug-likeness (QED) is 0.343. The molecule has 12 heteroatoms. The van der Waals surface area contributed by atoms with Gasteiger partial charge in [-0.25, -0.2) is 4.79 Å². The van der Waals surface area contributed by atoms with Crippen LogP contribution < -0.4 is 20.5 Å². The average molecular weight is 437 g/mol. The number of nitrogens with one attached hydrogen (secondary N) is 1. The van der Waals surface area contributed by atoms with Gasteiger partial charge in [0.25, 0.3) is 17.5 Å². The van der Waals surface area contributed by atoms with Crippen LogP contribution in [0.4, 0.5) is 10.7 Å². The summed E-state index contributed by atoms with van der Waals surface area (Å²) in [6.07, 6.45) is -1.32. The summed E-state index contributed by atoms with van der Waals surface area (Å²) in [7, 11) is 1.30. The van der Waals surface area contributed by atoms with Gasteiger partial charge in [-0.3, -0.25) is 19.7 Å². The fourth-order valence-corrected chi connectivity index (χ4v) is 3.18. The normalized spacial score (nSPS) is 11.3. The van der Waals surface area contributed by atoms with Gasteiger partial charge in [-0.05, 0) is 25.3 Å². The monoisotopic (exact) mass is 437 g/mol. The molecule has 0 aliphatic rings. The number of hydrogen-bond acceptors (Lipinski definition) is 9.